The second-order valence-corrected chi connectivity index (χ2v) is 5.21. The van der Waals surface area contributed by atoms with Crippen LogP contribution in [0.25, 0.3) is 5.69 Å². The summed E-state index contributed by atoms with van der Waals surface area (Å²) in [5, 5.41) is 0. The van der Waals surface area contributed by atoms with Gasteiger partial charge in [-0.3, -0.25) is 0 Å². The van der Waals surface area contributed by atoms with Gasteiger partial charge in [0.05, 0.1) is 5.69 Å². The van der Waals surface area contributed by atoms with Crippen LogP contribution in [0.3, 0.4) is 0 Å². The van der Waals surface area contributed by atoms with Crippen molar-refractivity contribution >= 4 is 0 Å². The molecule has 0 bridgehead atoms. The first-order chi connectivity index (χ1) is 9.43. The second kappa shape index (κ2) is 5.80. The summed E-state index contributed by atoms with van der Waals surface area (Å²) in [6.07, 6.45) is 10.8. The van der Waals surface area contributed by atoms with Gasteiger partial charge in [-0.05, 0) is 37.1 Å². The van der Waals surface area contributed by atoms with E-state index < -0.39 is 0 Å². The van der Waals surface area contributed by atoms with Crippen molar-refractivity contribution in [2.75, 3.05) is 0 Å². The first-order valence-electron chi connectivity index (χ1n) is 7.17. The summed E-state index contributed by atoms with van der Waals surface area (Å²) in [7, 11) is 0. The lowest BCUT2D eigenvalue weighted by molar-refractivity contribution is 0.430. The largest absolute Gasteiger partial charge is 0.323 e. The van der Waals surface area contributed by atoms with Crippen LogP contribution >= 0.6 is 0 Å². The van der Waals surface area contributed by atoms with Crippen LogP contribution in [-0.4, -0.2) is 4.57 Å². The highest BCUT2D eigenvalue weighted by molar-refractivity contribution is 5.51. The van der Waals surface area contributed by atoms with Crippen LogP contribution in [0, 0.1) is 17.8 Å². The molecule has 19 heavy (non-hydrogen) atoms. The number of aromatic nitrogens is 1. The zero-order chi connectivity index (χ0) is 12.9. The van der Waals surface area contributed by atoms with Crippen molar-refractivity contribution in [3.63, 3.8) is 0 Å². The van der Waals surface area contributed by atoms with E-state index in [0.717, 1.165) is 5.56 Å². The highest BCUT2D eigenvalue weighted by Crippen LogP contribution is 2.23. The molecule has 1 heteroatoms. The lowest BCUT2D eigenvalue weighted by Crippen LogP contribution is -2.03. The van der Waals surface area contributed by atoms with E-state index in [-0.39, 0.29) is 0 Å². The summed E-state index contributed by atoms with van der Waals surface area (Å²) in [6, 6.07) is 12.5. The maximum Gasteiger partial charge on any atom is 0.0606 e. The maximum absolute atomic E-state index is 3.48. The molecule has 1 aliphatic carbocycles. The van der Waals surface area contributed by atoms with Gasteiger partial charge in [0.25, 0.3) is 0 Å². The standard InChI is InChI=1S/C18H19N/c1-2-8-16(9-3-1)12-13-17-10-4-5-11-18(17)19-14-6-7-15-19/h4-7,10-11,14-16H,1-3,8-9H2. The molecule has 0 amide bonds. The Morgan fingerprint density at radius 2 is 1.63 bits per heavy atom. The zero-order valence-corrected chi connectivity index (χ0v) is 11.2. The van der Waals surface area contributed by atoms with Gasteiger partial charge in [0.1, 0.15) is 0 Å². The zero-order valence-electron chi connectivity index (χ0n) is 11.2. The molecule has 0 atom stereocenters. The molecule has 0 spiro atoms. The van der Waals surface area contributed by atoms with Gasteiger partial charge in [0.15, 0.2) is 0 Å². The van der Waals surface area contributed by atoms with Gasteiger partial charge in [-0.25, -0.2) is 0 Å². The van der Waals surface area contributed by atoms with E-state index in [1.54, 1.807) is 0 Å². The highest BCUT2D eigenvalue weighted by atomic mass is 14.9. The van der Waals surface area contributed by atoms with Crippen molar-refractivity contribution in [3.05, 3.63) is 54.4 Å². The molecule has 2 aromatic rings. The van der Waals surface area contributed by atoms with Gasteiger partial charge in [-0.2, -0.15) is 0 Å². The summed E-state index contributed by atoms with van der Waals surface area (Å²) in [5.41, 5.74) is 2.31. The SMILES string of the molecule is C(#CC1CCCCC1)c1ccccc1-n1cccc1. The summed E-state index contributed by atoms with van der Waals surface area (Å²) >= 11 is 0. The molecule has 0 saturated heterocycles. The molecule has 96 valence electrons. The molecule has 1 aromatic heterocycles. The van der Waals surface area contributed by atoms with E-state index >= 15 is 0 Å². The third-order valence-electron chi connectivity index (χ3n) is 3.80. The smallest absolute Gasteiger partial charge is 0.0606 e. The summed E-state index contributed by atoms with van der Waals surface area (Å²) in [6.45, 7) is 0. The van der Waals surface area contributed by atoms with Gasteiger partial charge in [0, 0.05) is 23.9 Å². The normalized spacial score (nSPS) is 15.8. The fraction of sp³-hybridized carbons (Fsp3) is 0.333. The average molecular weight is 249 g/mol. The van der Waals surface area contributed by atoms with E-state index in [9.17, 15) is 0 Å². The number of rotatable bonds is 1. The monoisotopic (exact) mass is 249 g/mol. The van der Waals surface area contributed by atoms with E-state index in [1.165, 1.54) is 37.8 Å². The van der Waals surface area contributed by atoms with Crippen molar-refractivity contribution in [2.24, 2.45) is 5.92 Å². The van der Waals surface area contributed by atoms with Gasteiger partial charge in [-0.15, -0.1) is 0 Å². The number of nitrogens with zero attached hydrogens (tertiary/aromatic N) is 1. The number of hydrogen-bond acceptors (Lipinski definition) is 0. The third-order valence-corrected chi connectivity index (χ3v) is 3.80. The Balaban J connectivity index is 1.87. The topological polar surface area (TPSA) is 4.93 Å². The summed E-state index contributed by atoms with van der Waals surface area (Å²) in [4.78, 5) is 0. The minimum atomic E-state index is 0.603. The van der Waals surface area contributed by atoms with E-state index in [1.807, 2.05) is 12.1 Å². The van der Waals surface area contributed by atoms with Gasteiger partial charge in [0.2, 0.25) is 0 Å². The molecule has 3 rings (SSSR count). The second-order valence-electron chi connectivity index (χ2n) is 5.21. The third kappa shape index (κ3) is 2.90. The number of benzene rings is 1. The van der Waals surface area contributed by atoms with Crippen LogP contribution in [0.4, 0.5) is 0 Å². The van der Waals surface area contributed by atoms with Crippen molar-refractivity contribution < 1.29 is 0 Å². The molecule has 1 heterocycles. The van der Waals surface area contributed by atoms with Crippen molar-refractivity contribution in [1.29, 1.82) is 0 Å². The van der Waals surface area contributed by atoms with Gasteiger partial charge < -0.3 is 4.57 Å². The molecular weight excluding hydrogens is 230 g/mol. The van der Waals surface area contributed by atoms with Crippen molar-refractivity contribution in [2.45, 2.75) is 32.1 Å². The number of para-hydroxylation sites is 1. The Morgan fingerprint density at radius 1 is 0.895 bits per heavy atom. The van der Waals surface area contributed by atoms with Gasteiger partial charge in [-0.1, -0.05) is 43.2 Å². The predicted molar refractivity (Wildman–Crippen MR) is 79.2 cm³/mol. The molecule has 0 aliphatic heterocycles. The Labute approximate surface area is 115 Å². The molecule has 0 unspecified atom stereocenters. The van der Waals surface area contributed by atoms with Crippen LogP contribution in [0.5, 0.6) is 0 Å². The molecule has 1 nitrogen and oxygen atoms in total. The molecule has 0 N–H and O–H groups in total. The van der Waals surface area contributed by atoms with Crippen LogP contribution in [0.1, 0.15) is 37.7 Å². The van der Waals surface area contributed by atoms with Crippen LogP contribution < -0.4 is 0 Å². The maximum atomic E-state index is 3.48. The number of hydrogen-bond donors (Lipinski definition) is 0. The molecule has 1 aliphatic rings. The lowest BCUT2D eigenvalue weighted by atomic mass is 9.89. The van der Waals surface area contributed by atoms with Crippen molar-refractivity contribution in [1.82, 2.24) is 4.57 Å². The van der Waals surface area contributed by atoms with Crippen LogP contribution in [-0.2, 0) is 0 Å². The van der Waals surface area contributed by atoms with E-state index in [0.29, 0.717) is 5.92 Å². The first kappa shape index (κ1) is 12.1. The minimum Gasteiger partial charge on any atom is -0.323 e. The minimum absolute atomic E-state index is 0.603. The molecule has 1 saturated carbocycles. The molecule has 1 fully saturated rings. The van der Waals surface area contributed by atoms with Crippen molar-refractivity contribution in [3.8, 4) is 17.5 Å². The summed E-state index contributed by atoms with van der Waals surface area (Å²) < 4.78 is 2.13. The summed E-state index contributed by atoms with van der Waals surface area (Å²) in [5.74, 6) is 7.48. The van der Waals surface area contributed by atoms with Crippen LogP contribution in [0.15, 0.2) is 48.8 Å². The fourth-order valence-electron chi connectivity index (χ4n) is 2.73. The Bertz CT molecular complexity index is 578. The highest BCUT2D eigenvalue weighted by Gasteiger charge is 2.10. The average Bonchev–Trinajstić information content (AvgIpc) is 3.01. The Kier molecular flexibility index (Phi) is 3.70. The quantitative estimate of drug-likeness (QED) is 0.660. The van der Waals surface area contributed by atoms with Gasteiger partial charge >= 0.3 is 0 Å². The van der Waals surface area contributed by atoms with Crippen LogP contribution in [0.2, 0.25) is 0 Å². The lowest BCUT2D eigenvalue weighted by Gasteiger charge is -2.15. The predicted octanol–water partition coefficient (Wildman–Crippen LogP) is 4.41. The Morgan fingerprint density at radius 3 is 2.42 bits per heavy atom. The van der Waals surface area contributed by atoms with E-state index in [2.05, 4.69) is 53.1 Å². The molecular formula is C18H19N. The molecule has 0 radical (unpaired) electrons. The Hall–Kier alpha value is -1.94. The fourth-order valence-corrected chi connectivity index (χ4v) is 2.73. The van der Waals surface area contributed by atoms with E-state index in [4.69, 9.17) is 0 Å². The first-order valence-corrected chi connectivity index (χ1v) is 7.17. The molecule has 1 aromatic carbocycles.